The third-order valence-corrected chi connectivity index (χ3v) is 11.0. The Labute approximate surface area is 217 Å². The van der Waals surface area contributed by atoms with E-state index in [4.69, 9.17) is 4.74 Å². The van der Waals surface area contributed by atoms with Crippen molar-refractivity contribution in [1.29, 1.82) is 0 Å². The first-order valence-corrected chi connectivity index (χ1v) is 13.9. The molecule has 4 aliphatic carbocycles. The molecule has 5 heteroatoms. The lowest BCUT2D eigenvalue weighted by Gasteiger charge is -2.64. The largest absolute Gasteiger partial charge is 0.478 e. The van der Waals surface area contributed by atoms with Crippen LogP contribution in [0.5, 0.6) is 0 Å². The Kier molecular flexibility index (Phi) is 7.13. The van der Waals surface area contributed by atoms with Gasteiger partial charge in [-0.1, -0.05) is 51.0 Å². The highest BCUT2D eigenvalue weighted by Crippen LogP contribution is 2.72. The van der Waals surface area contributed by atoms with Crippen LogP contribution >= 0.6 is 0 Å². The van der Waals surface area contributed by atoms with Gasteiger partial charge in [0.05, 0.1) is 6.10 Å². The van der Waals surface area contributed by atoms with Gasteiger partial charge in [-0.05, 0) is 105 Å². The SMILES string of the molecule is CC(=O)O[C@H]1C[C@@]2(C)[C@@H](CC=C3[C@]2(C)CC[C@@H]2[C@H](C)[C@H](O)CC[C@]32C)/C1=C(\CCC=C(C)C)C(=O)O. The fourth-order valence-electron chi connectivity index (χ4n) is 8.95. The van der Waals surface area contributed by atoms with Crippen LogP contribution in [-0.4, -0.2) is 34.4 Å². The topological polar surface area (TPSA) is 83.8 Å². The van der Waals surface area contributed by atoms with Gasteiger partial charge in [0.25, 0.3) is 0 Å². The first-order valence-electron chi connectivity index (χ1n) is 13.9. The quantitative estimate of drug-likeness (QED) is 0.253. The van der Waals surface area contributed by atoms with Gasteiger partial charge in [-0.3, -0.25) is 4.79 Å². The zero-order valence-electron chi connectivity index (χ0n) is 23.3. The molecule has 0 bridgehead atoms. The van der Waals surface area contributed by atoms with E-state index < -0.39 is 12.1 Å². The van der Waals surface area contributed by atoms with Crippen molar-refractivity contribution in [2.45, 2.75) is 112 Å². The van der Waals surface area contributed by atoms with Gasteiger partial charge in [-0.15, -0.1) is 0 Å². The number of rotatable bonds is 5. The molecule has 36 heavy (non-hydrogen) atoms. The maximum Gasteiger partial charge on any atom is 0.331 e. The normalized spacial score (nSPS) is 42.9. The smallest absolute Gasteiger partial charge is 0.331 e. The number of carboxylic acids is 1. The number of aliphatic hydroxyl groups excluding tert-OH is 1. The number of aliphatic hydroxyl groups is 1. The number of fused-ring (bicyclic) bond motifs is 5. The van der Waals surface area contributed by atoms with Crippen molar-refractivity contribution in [2.75, 3.05) is 0 Å². The summed E-state index contributed by atoms with van der Waals surface area (Å²) in [5.74, 6) is -0.460. The number of ether oxygens (including phenoxy) is 1. The average molecular weight is 499 g/mol. The minimum Gasteiger partial charge on any atom is -0.478 e. The number of carbonyl (C=O) groups excluding carboxylic acids is 1. The molecule has 0 heterocycles. The number of hydrogen-bond donors (Lipinski definition) is 2. The Morgan fingerprint density at radius 2 is 1.83 bits per heavy atom. The predicted molar refractivity (Wildman–Crippen MR) is 141 cm³/mol. The van der Waals surface area contributed by atoms with E-state index in [-0.39, 0.29) is 40.2 Å². The second kappa shape index (κ2) is 9.45. The van der Waals surface area contributed by atoms with Crippen LogP contribution in [0.2, 0.25) is 0 Å². The lowest BCUT2D eigenvalue weighted by Crippen LogP contribution is -2.56. The summed E-state index contributed by atoms with van der Waals surface area (Å²) in [4.78, 5) is 24.8. The number of carboxylic acid groups (broad SMARTS) is 1. The monoisotopic (exact) mass is 498 g/mol. The first kappa shape index (κ1) is 27.2. The summed E-state index contributed by atoms with van der Waals surface area (Å²) in [6.45, 7) is 14.8. The molecule has 200 valence electrons. The minimum absolute atomic E-state index is 0.0418. The molecule has 0 aliphatic heterocycles. The average Bonchev–Trinajstić information content (AvgIpc) is 3.05. The first-order chi connectivity index (χ1) is 16.8. The number of esters is 1. The van der Waals surface area contributed by atoms with E-state index in [2.05, 4.69) is 39.8 Å². The molecule has 8 atom stereocenters. The van der Waals surface area contributed by atoms with E-state index in [1.165, 1.54) is 18.1 Å². The van der Waals surface area contributed by atoms with E-state index in [0.29, 0.717) is 30.8 Å². The molecule has 0 aromatic heterocycles. The summed E-state index contributed by atoms with van der Waals surface area (Å²) in [6.07, 6.45) is 10.3. The van der Waals surface area contributed by atoms with Crippen molar-refractivity contribution in [3.63, 3.8) is 0 Å². The number of allylic oxidation sites excluding steroid dienone is 4. The lowest BCUT2D eigenvalue weighted by atomic mass is 9.40. The van der Waals surface area contributed by atoms with Gasteiger partial charge in [-0.2, -0.15) is 0 Å². The minimum atomic E-state index is -0.890. The molecular formula is C31H46O5. The van der Waals surface area contributed by atoms with Crippen LogP contribution in [0, 0.1) is 34.0 Å². The second-order valence-electron chi connectivity index (χ2n) is 13.0. The van der Waals surface area contributed by atoms with Crippen molar-refractivity contribution in [3.05, 3.63) is 34.4 Å². The lowest BCUT2D eigenvalue weighted by molar-refractivity contribution is -0.145. The molecular weight excluding hydrogens is 452 g/mol. The van der Waals surface area contributed by atoms with Gasteiger partial charge >= 0.3 is 11.9 Å². The van der Waals surface area contributed by atoms with Gasteiger partial charge in [0.1, 0.15) is 6.10 Å². The maximum atomic E-state index is 12.6. The van der Waals surface area contributed by atoms with Crippen LogP contribution in [0.1, 0.15) is 99.8 Å². The molecule has 0 saturated heterocycles. The van der Waals surface area contributed by atoms with Crippen molar-refractivity contribution in [2.24, 2.45) is 34.0 Å². The molecule has 2 N–H and O–H groups in total. The second-order valence-corrected chi connectivity index (χ2v) is 13.0. The summed E-state index contributed by atoms with van der Waals surface area (Å²) in [5, 5.41) is 20.9. The number of carbonyl (C=O) groups is 2. The van der Waals surface area contributed by atoms with Crippen LogP contribution in [0.3, 0.4) is 0 Å². The fourth-order valence-corrected chi connectivity index (χ4v) is 8.95. The number of aliphatic carboxylic acids is 1. The molecule has 0 radical (unpaired) electrons. The molecule has 5 nitrogen and oxygen atoms in total. The Hall–Kier alpha value is -1.88. The van der Waals surface area contributed by atoms with E-state index >= 15 is 0 Å². The predicted octanol–water partition coefficient (Wildman–Crippen LogP) is 6.62. The molecule has 0 aromatic carbocycles. The summed E-state index contributed by atoms with van der Waals surface area (Å²) < 4.78 is 5.90. The molecule has 3 saturated carbocycles. The highest BCUT2D eigenvalue weighted by atomic mass is 16.5. The van der Waals surface area contributed by atoms with E-state index in [9.17, 15) is 19.8 Å². The summed E-state index contributed by atoms with van der Waals surface area (Å²) in [6, 6.07) is 0. The Bertz CT molecular complexity index is 1020. The summed E-state index contributed by atoms with van der Waals surface area (Å²) in [7, 11) is 0. The van der Waals surface area contributed by atoms with E-state index in [1.807, 2.05) is 13.8 Å². The highest BCUT2D eigenvalue weighted by Gasteiger charge is 2.66. The van der Waals surface area contributed by atoms with Gasteiger partial charge in [0, 0.05) is 12.5 Å². The molecule has 0 aromatic rings. The van der Waals surface area contributed by atoms with Crippen molar-refractivity contribution in [3.8, 4) is 0 Å². The third kappa shape index (κ3) is 4.10. The van der Waals surface area contributed by atoms with Crippen molar-refractivity contribution in [1.82, 2.24) is 0 Å². The molecule has 0 unspecified atom stereocenters. The Morgan fingerprint density at radius 1 is 1.14 bits per heavy atom. The van der Waals surface area contributed by atoms with Crippen LogP contribution in [0.15, 0.2) is 34.4 Å². The summed E-state index contributed by atoms with van der Waals surface area (Å²) >= 11 is 0. The van der Waals surface area contributed by atoms with E-state index in [1.54, 1.807) is 0 Å². The third-order valence-electron chi connectivity index (χ3n) is 11.0. The molecule has 0 amide bonds. The van der Waals surface area contributed by atoms with Gasteiger partial charge in [-0.25, -0.2) is 4.79 Å². The van der Waals surface area contributed by atoms with Crippen LogP contribution < -0.4 is 0 Å². The van der Waals surface area contributed by atoms with Crippen molar-refractivity contribution < 1.29 is 24.5 Å². The number of hydrogen-bond acceptors (Lipinski definition) is 4. The van der Waals surface area contributed by atoms with Gasteiger partial charge in [0.2, 0.25) is 0 Å². The van der Waals surface area contributed by atoms with Crippen LogP contribution in [0.25, 0.3) is 0 Å². The molecule has 3 fully saturated rings. The molecule has 4 aliphatic rings. The Morgan fingerprint density at radius 3 is 2.44 bits per heavy atom. The zero-order chi connectivity index (χ0) is 26.6. The van der Waals surface area contributed by atoms with E-state index in [0.717, 1.165) is 37.7 Å². The Balaban J connectivity index is 1.82. The highest BCUT2D eigenvalue weighted by molar-refractivity contribution is 5.88. The summed E-state index contributed by atoms with van der Waals surface area (Å²) in [5.41, 5.74) is 3.70. The van der Waals surface area contributed by atoms with Crippen LogP contribution in [0.4, 0.5) is 0 Å². The maximum absolute atomic E-state index is 12.6. The zero-order valence-corrected chi connectivity index (χ0v) is 23.3. The van der Waals surface area contributed by atoms with Gasteiger partial charge < -0.3 is 14.9 Å². The standard InChI is InChI=1S/C31H46O5/c1-18(2)9-8-10-21(28(34)35)27-23-11-12-26-29(5)15-14-24(33)19(3)22(29)13-16-30(26,6)31(23,7)17-25(27)36-20(4)32/h9,12,19,22-25,33H,8,10-11,13-17H2,1-7H3,(H,34,35)/b27-21-/t19-,22+,23-,24+,25-,29-,30-,31-/m0/s1. The molecule has 4 rings (SSSR count). The molecule has 0 spiro atoms. The van der Waals surface area contributed by atoms with Crippen molar-refractivity contribution >= 4 is 11.9 Å². The fraction of sp³-hybridized carbons (Fsp3) is 0.742. The van der Waals surface area contributed by atoms with Crippen LogP contribution in [-0.2, 0) is 14.3 Å². The van der Waals surface area contributed by atoms with Gasteiger partial charge in [0.15, 0.2) is 0 Å².